The van der Waals surface area contributed by atoms with Gasteiger partial charge in [0.05, 0.1) is 12.2 Å². The van der Waals surface area contributed by atoms with Crippen LogP contribution >= 0.6 is 11.8 Å². The summed E-state index contributed by atoms with van der Waals surface area (Å²) in [5.41, 5.74) is 0.798. The largest absolute Gasteiger partial charge is 0.351 e. The van der Waals surface area contributed by atoms with E-state index in [1.54, 1.807) is 16.7 Å². The quantitative estimate of drug-likeness (QED) is 0.725. The van der Waals surface area contributed by atoms with Crippen LogP contribution in [-0.2, 0) is 19.1 Å². The van der Waals surface area contributed by atoms with Gasteiger partial charge in [0, 0.05) is 30.3 Å². The highest BCUT2D eigenvalue weighted by molar-refractivity contribution is 7.99. The molecular weight excluding hydrogens is 328 g/mol. The molecule has 0 bridgehead atoms. The Labute approximate surface area is 146 Å². The molecule has 2 amide bonds. The summed E-state index contributed by atoms with van der Waals surface area (Å²) < 4.78 is 10.8. The lowest BCUT2D eigenvalue weighted by Crippen LogP contribution is -2.43. The average molecular weight is 352 g/mol. The topological polar surface area (TPSA) is 67.9 Å². The van der Waals surface area contributed by atoms with Crippen LogP contribution in [0, 0.1) is 0 Å². The normalized spacial score (nSPS) is 14.5. The molecule has 0 fully saturated rings. The van der Waals surface area contributed by atoms with E-state index in [9.17, 15) is 9.59 Å². The molecule has 1 aliphatic rings. The maximum absolute atomic E-state index is 12.3. The van der Waals surface area contributed by atoms with Crippen molar-refractivity contribution in [2.75, 3.05) is 37.0 Å². The van der Waals surface area contributed by atoms with Crippen LogP contribution in [0.3, 0.4) is 0 Å². The number of fused-ring (bicyclic) bond motifs is 1. The lowest BCUT2D eigenvalue weighted by Gasteiger charge is -2.23. The van der Waals surface area contributed by atoms with Gasteiger partial charge in [-0.05, 0) is 26.0 Å². The zero-order chi connectivity index (χ0) is 17.4. The number of para-hydroxylation sites is 1. The molecule has 132 valence electrons. The number of amides is 2. The summed E-state index contributed by atoms with van der Waals surface area (Å²) >= 11 is 1.64. The van der Waals surface area contributed by atoms with Crippen molar-refractivity contribution in [3.05, 3.63) is 24.3 Å². The number of anilines is 1. The van der Waals surface area contributed by atoms with Crippen molar-refractivity contribution in [2.45, 2.75) is 31.5 Å². The Morgan fingerprint density at radius 3 is 2.71 bits per heavy atom. The molecule has 0 unspecified atom stereocenters. The Kier molecular flexibility index (Phi) is 7.55. The van der Waals surface area contributed by atoms with Gasteiger partial charge in [-0.2, -0.15) is 0 Å². The second-order valence-corrected chi connectivity index (χ2v) is 6.33. The number of ether oxygens (including phenoxy) is 2. The van der Waals surface area contributed by atoms with Crippen LogP contribution in [0.2, 0.25) is 0 Å². The van der Waals surface area contributed by atoms with Crippen LogP contribution in [0.5, 0.6) is 0 Å². The summed E-state index contributed by atoms with van der Waals surface area (Å²) in [5, 5.41) is 2.78. The first-order chi connectivity index (χ1) is 11.7. The Balaban J connectivity index is 1.98. The molecule has 1 N–H and O–H groups in total. The van der Waals surface area contributed by atoms with Crippen molar-refractivity contribution < 1.29 is 19.1 Å². The maximum atomic E-state index is 12.3. The third kappa shape index (κ3) is 5.22. The van der Waals surface area contributed by atoms with E-state index in [-0.39, 0.29) is 24.9 Å². The second kappa shape index (κ2) is 9.66. The standard InChI is InChI=1S/C17H24N2O4S/c1-3-22-17(23-4-2)11-18-15(20)12-19-13-7-5-6-8-14(13)24-10-9-16(19)21/h5-8,17H,3-4,9-12H2,1-2H3,(H,18,20). The van der Waals surface area contributed by atoms with Gasteiger partial charge in [0.15, 0.2) is 6.29 Å². The fourth-order valence-corrected chi connectivity index (χ4v) is 3.43. The molecule has 6 nitrogen and oxygen atoms in total. The van der Waals surface area contributed by atoms with Crippen molar-refractivity contribution in [3.8, 4) is 0 Å². The van der Waals surface area contributed by atoms with E-state index >= 15 is 0 Å². The predicted molar refractivity (Wildman–Crippen MR) is 94.2 cm³/mol. The minimum absolute atomic E-state index is 0.00137. The van der Waals surface area contributed by atoms with Crippen molar-refractivity contribution >= 4 is 29.3 Å². The number of carbonyl (C=O) groups is 2. The van der Waals surface area contributed by atoms with Gasteiger partial charge in [-0.25, -0.2) is 0 Å². The van der Waals surface area contributed by atoms with E-state index in [1.807, 2.05) is 38.1 Å². The number of nitrogens with one attached hydrogen (secondary N) is 1. The molecule has 0 saturated carbocycles. The Hall–Kier alpha value is -1.57. The van der Waals surface area contributed by atoms with Crippen molar-refractivity contribution in [1.29, 1.82) is 0 Å². The van der Waals surface area contributed by atoms with Crippen LogP contribution in [-0.4, -0.2) is 50.2 Å². The summed E-state index contributed by atoms with van der Waals surface area (Å²) in [6, 6.07) is 7.67. The molecule has 0 aliphatic carbocycles. The Bertz CT molecular complexity index is 561. The maximum Gasteiger partial charge on any atom is 0.240 e. The molecule has 0 spiro atoms. The highest BCUT2D eigenvalue weighted by Crippen LogP contribution is 2.33. The zero-order valence-electron chi connectivity index (χ0n) is 14.1. The summed E-state index contributed by atoms with van der Waals surface area (Å²) in [7, 11) is 0. The molecule has 1 heterocycles. The minimum atomic E-state index is -0.466. The van der Waals surface area contributed by atoms with Gasteiger partial charge in [0.25, 0.3) is 0 Å². The van der Waals surface area contributed by atoms with Gasteiger partial charge in [0.1, 0.15) is 6.54 Å². The van der Waals surface area contributed by atoms with Crippen molar-refractivity contribution in [1.82, 2.24) is 5.32 Å². The zero-order valence-corrected chi connectivity index (χ0v) is 14.9. The molecule has 0 saturated heterocycles. The first-order valence-corrected chi connectivity index (χ1v) is 9.16. The SMILES string of the molecule is CCOC(CNC(=O)CN1C(=O)CCSc2ccccc21)OCC. The number of rotatable bonds is 8. The van der Waals surface area contributed by atoms with E-state index in [4.69, 9.17) is 9.47 Å². The fraction of sp³-hybridized carbons (Fsp3) is 0.529. The Morgan fingerprint density at radius 2 is 2.00 bits per heavy atom. The molecule has 2 rings (SSSR count). The number of benzene rings is 1. The predicted octanol–water partition coefficient (Wildman–Crippen LogP) is 2.03. The molecule has 24 heavy (non-hydrogen) atoms. The smallest absolute Gasteiger partial charge is 0.240 e. The molecule has 1 aromatic carbocycles. The molecule has 7 heteroatoms. The first-order valence-electron chi connectivity index (χ1n) is 8.17. The number of hydrogen-bond donors (Lipinski definition) is 1. The van der Waals surface area contributed by atoms with Gasteiger partial charge < -0.3 is 19.7 Å². The van der Waals surface area contributed by atoms with E-state index in [2.05, 4.69) is 5.32 Å². The monoisotopic (exact) mass is 352 g/mol. The van der Waals surface area contributed by atoms with E-state index in [1.165, 1.54) is 0 Å². The van der Waals surface area contributed by atoms with Gasteiger partial charge >= 0.3 is 0 Å². The van der Waals surface area contributed by atoms with Crippen LogP contribution in [0.15, 0.2) is 29.2 Å². The van der Waals surface area contributed by atoms with Crippen LogP contribution < -0.4 is 10.2 Å². The lowest BCUT2D eigenvalue weighted by atomic mass is 10.2. The second-order valence-electron chi connectivity index (χ2n) is 5.19. The molecule has 0 radical (unpaired) electrons. The summed E-state index contributed by atoms with van der Waals surface area (Å²) in [5.74, 6) is 0.466. The van der Waals surface area contributed by atoms with Crippen molar-refractivity contribution in [3.63, 3.8) is 0 Å². The number of nitrogens with zero attached hydrogens (tertiary/aromatic N) is 1. The summed E-state index contributed by atoms with van der Waals surface area (Å²) in [4.78, 5) is 27.2. The third-order valence-corrected chi connectivity index (χ3v) is 4.57. The summed E-state index contributed by atoms with van der Waals surface area (Å²) in [6.07, 6.45) is -0.0423. The average Bonchev–Trinajstić information content (AvgIpc) is 2.73. The van der Waals surface area contributed by atoms with Gasteiger partial charge in [-0.1, -0.05) is 12.1 Å². The Morgan fingerprint density at radius 1 is 1.29 bits per heavy atom. The highest BCUT2D eigenvalue weighted by atomic mass is 32.2. The van der Waals surface area contributed by atoms with Crippen LogP contribution in [0.4, 0.5) is 5.69 Å². The van der Waals surface area contributed by atoms with Gasteiger partial charge in [-0.3, -0.25) is 9.59 Å². The third-order valence-electron chi connectivity index (χ3n) is 3.50. The van der Waals surface area contributed by atoms with Crippen LogP contribution in [0.25, 0.3) is 0 Å². The molecule has 0 aromatic heterocycles. The lowest BCUT2D eigenvalue weighted by molar-refractivity contribution is -0.140. The molecule has 0 atom stereocenters. The van der Waals surface area contributed by atoms with Gasteiger partial charge in [-0.15, -0.1) is 11.8 Å². The molecular formula is C17H24N2O4S. The number of hydrogen-bond acceptors (Lipinski definition) is 5. The first kappa shape index (κ1) is 18.8. The summed E-state index contributed by atoms with van der Waals surface area (Å²) in [6.45, 7) is 5.03. The van der Waals surface area contributed by atoms with Crippen molar-refractivity contribution in [2.24, 2.45) is 0 Å². The van der Waals surface area contributed by atoms with Gasteiger partial charge in [0.2, 0.25) is 11.8 Å². The van der Waals surface area contributed by atoms with E-state index < -0.39 is 6.29 Å². The highest BCUT2D eigenvalue weighted by Gasteiger charge is 2.24. The van der Waals surface area contributed by atoms with E-state index in [0.717, 1.165) is 16.3 Å². The molecule has 1 aliphatic heterocycles. The number of thioether (sulfide) groups is 1. The fourth-order valence-electron chi connectivity index (χ4n) is 2.43. The minimum Gasteiger partial charge on any atom is -0.351 e. The van der Waals surface area contributed by atoms with Crippen LogP contribution in [0.1, 0.15) is 20.3 Å². The van der Waals surface area contributed by atoms with E-state index in [0.29, 0.717) is 19.6 Å². The number of carbonyl (C=O) groups excluding carboxylic acids is 2. The molecule has 1 aromatic rings.